The summed E-state index contributed by atoms with van der Waals surface area (Å²) in [5.74, 6) is 0.866. The van der Waals surface area contributed by atoms with E-state index in [1.165, 1.54) is 5.56 Å². The van der Waals surface area contributed by atoms with Crippen LogP contribution in [-0.2, 0) is 6.42 Å². The molecule has 6 heteroatoms. The first-order valence-electron chi connectivity index (χ1n) is 7.29. The molecular formula is C17H16Cl2N2OS. The lowest BCUT2D eigenvalue weighted by Gasteiger charge is -2.32. The molecule has 23 heavy (non-hydrogen) atoms. The van der Waals surface area contributed by atoms with Crippen molar-refractivity contribution in [1.29, 1.82) is 0 Å². The molecule has 0 amide bonds. The van der Waals surface area contributed by atoms with E-state index in [9.17, 15) is 0 Å². The average Bonchev–Trinajstić information content (AvgIpc) is 2.56. The smallest absolute Gasteiger partial charge is 0.177 e. The number of hydrogen-bond donors (Lipinski definition) is 1. The van der Waals surface area contributed by atoms with Crippen LogP contribution in [0.15, 0.2) is 36.4 Å². The van der Waals surface area contributed by atoms with Crippen LogP contribution in [-0.4, -0.2) is 18.8 Å². The van der Waals surface area contributed by atoms with Crippen molar-refractivity contribution in [2.45, 2.75) is 12.8 Å². The Morgan fingerprint density at radius 1 is 1.22 bits per heavy atom. The lowest BCUT2D eigenvalue weighted by atomic mass is 10.0. The summed E-state index contributed by atoms with van der Waals surface area (Å²) < 4.78 is 5.30. The van der Waals surface area contributed by atoms with Crippen molar-refractivity contribution < 1.29 is 4.74 Å². The molecule has 0 bridgehead atoms. The quantitative estimate of drug-likeness (QED) is 0.742. The van der Waals surface area contributed by atoms with E-state index in [1.807, 2.05) is 18.2 Å². The fourth-order valence-corrected chi connectivity index (χ4v) is 3.44. The van der Waals surface area contributed by atoms with Crippen molar-refractivity contribution in [3.05, 3.63) is 52.0 Å². The summed E-state index contributed by atoms with van der Waals surface area (Å²) in [5.41, 5.74) is 3.10. The molecule has 1 aliphatic rings. The number of methoxy groups -OCH3 is 1. The van der Waals surface area contributed by atoms with Crippen LogP contribution in [0.4, 0.5) is 11.4 Å². The van der Waals surface area contributed by atoms with Crippen molar-refractivity contribution in [2.75, 3.05) is 23.9 Å². The number of ether oxygens (including phenoxy) is 1. The Hall–Kier alpha value is -1.49. The molecule has 0 aliphatic carbocycles. The van der Waals surface area contributed by atoms with Crippen molar-refractivity contribution in [2.24, 2.45) is 0 Å². The maximum Gasteiger partial charge on any atom is 0.177 e. The van der Waals surface area contributed by atoms with Crippen molar-refractivity contribution in [3.8, 4) is 5.75 Å². The SMILES string of the molecule is COc1ccc2c(c1)CCCN2C(=S)Nc1ccc(Cl)cc1Cl. The Morgan fingerprint density at radius 3 is 2.78 bits per heavy atom. The van der Waals surface area contributed by atoms with Gasteiger partial charge in [0.05, 0.1) is 17.8 Å². The van der Waals surface area contributed by atoms with E-state index >= 15 is 0 Å². The zero-order valence-electron chi connectivity index (χ0n) is 12.6. The Balaban J connectivity index is 1.84. The van der Waals surface area contributed by atoms with Crippen LogP contribution in [0.1, 0.15) is 12.0 Å². The molecule has 0 fully saturated rings. The molecule has 0 radical (unpaired) electrons. The number of nitrogens with one attached hydrogen (secondary N) is 1. The molecule has 3 nitrogen and oxygen atoms in total. The number of hydrogen-bond acceptors (Lipinski definition) is 2. The summed E-state index contributed by atoms with van der Waals surface area (Å²) in [6.07, 6.45) is 2.06. The fraction of sp³-hybridized carbons (Fsp3) is 0.235. The molecule has 0 aromatic heterocycles. The molecule has 120 valence electrons. The number of fused-ring (bicyclic) bond motifs is 1. The molecule has 0 saturated heterocycles. The predicted molar refractivity (Wildman–Crippen MR) is 101 cm³/mol. The second kappa shape index (κ2) is 6.95. The zero-order valence-corrected chi connectivity index (χ0v) is 14.9. The van der Waals surface area contributed by atoms with Gasteiger partial charge in [-0.1, -0.05) is 23.2 Å². The number of aryl methyl sites for hydroxylation is 1. The Kier molecular flexibility index (Phi) is 4.95. The molecule has 1 heterocycles. The summed E-state index contributed by atoms with van der Waals surface area (Å²) >= 11 is 17.7. The van der Waals surface area contributed by atoms with E-state index in [1.54, 1.807) is 19.2 Å². The number of thiocarbonyl (C=S) groups is 1. The zero-order chi connectivity index (χ0) is 16.4. The maximum absolute atomic E-state index is 6.21. The third kappa shape index (κ3) is 3.55. The van der Waals surface area contributed by atoms with Crippen molar-refractivity contribution >= 4 is 51.9 Å². The monoisotopic (exact) mass is 366 g/mol. The predicted octanol–water partition coefficient (Wildman–Crippen LogP) is 5.15. The van der Waals surface area contributed by atoms with Crippen LogP contribution in [0.3, 0.4) is 0 Å². The summed E-state index contributed by atoms with van der Waals surface area (Å²) in [6.45, 7) is 0.871. The number of anilines is 2. The number of halogens is 2. The third-order valence-corrected chi connectivity index (χ3v) is 4.69. The van der Waals surface area contributed by atoms with E-state index < -0.39 is 0 Å². The van der Waals surface area contributed by atoms with Crippen LogP contribution >= 0.6 is 35.4 Å². The highest BCUT2D eigenvalue weighted by atomic mass is 35.5. The lowest BCUT2D eigenvalue weighted by Crippen LogP contribution is -2.38. The van der Waals surface area contributed by atoms with Gasteiger partial charge in [0.1, 0.15) is 5.75 Å². The summed E-state index contributed by atoms with van der Waals surface area (Å²) in [6, 6.07) is 11.4. The summed E-state index contributed by atoms with van der Waals surface area (Å²) in [4.78, 5) is 2.10. The standard InChI is InChI=1S/C17H16Cl2N2OS/c1-22-13-5-7-16-11(9-13)3-2-8-21(16)17(23)20-15-6-4-12(18)10-14(15)19/h4-7,9-10H,2-3,8H2,1H3,(H,20,23). The molecule has 2 aromatic carbocycles. The van der Waals surface area contributed by atoms with Gasteiger partial charge in [-0.2, -0.15) is 0 Å². The molecule has 0 spiro atoms. The van der Waals surface area contributed by atoms with Gasteiger partial charge in [-0.15, -0.1) is 0 Å². The van der Waals surface area contributed by atoms with E-state index in [0.717, 1.165) is 36.5 Å². The molecule has 0 atom stereocenters. The van der Waals surface area contributed by atoms with E-state index in [-0.39, 0.29) is 0 Å². The van der Waals surface area contributed by atoms with Gasteiger partial charge in [-0.05, 0) is 67.0 Å². The van der Waals surface area contributed by atoms with Crippen molar-refractivity contribution in [1.82, 2.24) is 0 Å². The maximum atomic E-state index is 6.21. The molecular weight excluding hydrogens is 351 g/mol. The fourth-order valence-electron chi connectivity index (χ4n) is 2.68. The van der Waals surface area contributed by atoms with Gasteiger partial charge in [0, 0.05) is 17.3 Å². The van der Waals surface area contributed by atoms with Crippen LogP contribution in [0.2, 0.25) is 10.0 Å². The van der Waals surface area contributed by atoms with Crippen LogP contribution in [0.5, 0.6) is 5.75 Å². The number of benzene rings is 2. The first kappa shape index (κ1) is 16.4. The molecule has 1 N–H and O–H groups in total. The minimum absolute atomic E-state index is 0.548. The molecule has 2 aromatic rings. The third-order valence-electron chi connectivity index (χ3n) is 3.82. The highest BCUT2D eigenvalue weighted by molar-refractivity contribution is 7.80. The van der Waals surface area contributed by atoms with E-state index in [0.29, 0.717) is 15.2 Å². The second-order valence-electron chi connectivity index (χ2n) is 5.30. The van der Waals surface area contributed by atoms with Gasteiger partial charge in [0.2, 0.25) is 0 Å². The van der Waals surface area contributed by atoms with Gasteiger partial charge in [0.15, 0.2) is 5.11 Å². The van der Waals surface area contributed by atoms with Gasteiger partial charge in [0.25, 0.3) is 0 Å². The minimum Gasteiger partial charge on any atom is -0.497 e. The average molecular weight is 367 g/mol. The Bertz CT molecular complexity index is 751. The number of nitrogens with zero attached hydrogens (tertiary/aromatic N) is 1. The minimum atomic E-state index is 0.548. The van der Waals surface area contributed by atoms with Gasteiger partial charge >= 0.3 is 0 Å². The van der Waals surface area contributed by atoms with E-state index in [2.05, 4.69) is 16.3 Å². The summed E-state index contributed by atoms with van der Waals surface area (Å²) in [7, 11) is 1.68. The van der Waals surface area contributed by atoms with Gasteiger partial charge < -0.3 is 15.0 Å². The first-order chi connectivity index (χ1) is 11.1. The molecule has 3 rings (SSSR count). The normalized spacial score (nSPS) is 13.4. The summed E-state index contributed by atoms with van der Waals surface area (Å²) in [5, 5.41) is 4.98. The molecule has 1 aliphatic heterocycles. The second-order valence-corrected chi connectivity index (χ2v) is 6.53. The van der Waals surface area contributed by atoms with Gasteiger partial charge in [-0.25, -0.2) is 0 Å². The first-order valence-corrected chi connectivity index (χ1v) is 8.45. The topological polar surface area (TPSA) is 24.5 Å². The van der Waals surface area contributed by atoms with Crippen molar-refractivity contribution in [3.63, 3.8) is 0 Å². The van der Waals surface area contributed by atoms with Crippen LogP contribution in [0, 0.1) is 0 Å². The Morgan fingerprint density at radius 2 is 2.04 bits per heavy atom. The molecule has 0 unspecified atom stereocenters. The Labute approximate surface area is 151 Å². The van der Waals surface area contributed by atoms with E-state index in [4.69, 9.17) is 40.2 Å². The highest BCUT2D eigenvalue weighted by Crippen LogP contribution is 2.32. The van der Waals surface area contributed by atoms with Gasteiger partial charge in [-0.3, -0.25) is 0 Å². The highest BCUT2D eigenvalue weighted by Gasteiger charge is 2.21. The number of rotatable bonds is 2. The van der Waals surface area contributed by atoms with Crippen LogP contribution < -0.4 is 15.0 Å². The molecule has 0 saturated carbocycles. The largest absolute Gasteiger partial charge is 0.497 e. The van der Waals surface area contributed by atoms with Crippen LogP contribution in [0.25, 0.3) is 0 Å². The lowest BCUT2D eigenvalue weighted by molar-refractivity contribution is 0.414.